The first kappa shape index (κ1) is 16.6. The van der Waals surface area contributed by atoms with Crippen LogP contribution in [0.1, 0.15) is 32.8 Å². The van der Waals surface area contributed by atoms with Gasteiger partial charge in [0.25, 0.3) is 0 Å². The fraction of sp³-hybridized carbons (Fsp3) is 0.529. The van der Waals surface area contributed by atoms with Crippen molar-refractivity contribution < 1.29 is 4.74 Å². The van der Waals surface area contributed by atoms with Crippen molar-refractivity contribution in [2.45, 2.75) is 32.7 Å². The largest absolute Gasteiger partial charge is 0.492 e. The van der Waals surface area contributed by atoms with E-state index in [2.05, 4.69) is 44.6 Å². The quantitative estimate of drug-likeness (QED) is 0.810. The molecule has 0 aliphatic carbocycles. The van der Waals surface area contributed by atoms with E-state index in [0.29, 0.717) is 13.2 Å². The highest BCUT2D eigenvalue weighted by Crippen LogP contribution is 2.16. The number of hydrogen-bond donors (Lipinski definition) is 1. The molecule has 0 heterocycles. The van der Waals surface area contributed by atoms with Crippen LogP contribution < -0.4 is 10.5 Å². The maximum absolute atomic E-state index is 5.76. The van der Waals surface area contributed by atoms with Crippen LogP contribution in [0, 0.1) is 11.8 Å². The molecule has 0 atom stereocenters. The van der Waals surface area contributed by atoms with E-state index in [9.17, 15) is 0 Å². The molecule has 0 amide bonds. The van der Waals surface area contributed by atoms with Crippen molar-refractivity contribution >= 4 is 0 Å². The van der Waals surface area contributed by atoms with E-state index in [0.717, 1.165) is 24.3 Å². The van der Waals surface area contributed by atoms with Crippen molar-refractivity contribution in [3.05, 3.63) is 29.8 Å². The summed E-state index contributed by atoms with van der Waals surface area (Å²) in [6.45, 7) is 8.69. The van der Waals surface area contributed by atoms with Gasteiger partial charge in [-0.05, 0) is 51.6 Å². The molecule has 0 saturated carbocycles. The summed E-state index contributed by atoms with van der Waals surface area (Å²) in [6, 6.07) is 7.81. The summed E-state index contributed by atoms with van der Waals surface area (Å²) in [5.74, 6) is 6.71. The highest BCUT2D eigenvalue weighted by Gasteiger charge is 2.20. The molecule has 0 aliphatic rings. The number of benzene rings is 1. The first-order valence-corrected chi connectivity index (χ1v) is 7.12. The molecule has 0 spiro atoms. The van der Waals surface area contributed by atoms with Gasteiger partial charge in [-0.15, -0.1) is 0 Å². The lowest BCUT2D eigenvalue weighted by molar-refractivity contribution is 0.125. The third kappa shape index (κ3) is 5.24. The maximum Gasteiger partial charge on any atom is 0.119 e. The first-order valence-electron chi connectivity index (χ1n) is 7.12. The summed E-state index contributed by atoms with van der Waals surface area (Å²) in [7, 11) is 2.14. The van der Waals surface area contributed by atoms with E-state index < -0.39 is 0 Å². The minimum absolute atomic E-state index is 0.213. The normalized spacial score (nSPS) is 11.1. The van der Waals surface area contributed by atoms with Crippen molar-refractivity contribution in [3.63, 3.8) is 0 Å². The van der Waals surface area contributed by atoms with Gasteiger partial charge in [0, 0.05) is 17.6 Å². The SMILES string of the molecule is CCC(C)(C)N(C)CCOc1ccc(C#CCN)cc1. The second-order valence-electron chi connectivity index (χ2n) is 5.47. The lowest BCUT2D eigenvalue weighted by Gasteiger charge is -2.34. The van der Waals surface area contributed by atoms with Crippen LogP contribution in [0.15, 0.2) is 24.3 Å². The Labute approximate surface area is 123 Å². The average molecular weight is 274 g/mol. The lowest BCUT2D eigenvalue weighted by atomic mass is 10.0. The number of ether oxygens (including phenoxy) is 1. The van der Waals surface area contributed by atoms with E-state index in [1.165, 1.54) is 0 Å². The molecule has 3 nitrogen and oxygen atoms in total. The Hall–Kier alpha value is -1.50. The standard InChI is InChI=1S/C17H26N2O/c1-5-17(2,3)19(4)13-14-20-16-10-8-15(9-11-16)7-6-12-18/h8-11H,5,12-14,18H2,1-4H3. The van der Waals surface area contributed by atoms with Gasteiger partial charge < -0.3 is 10.5 Å². The Morgan fingerprint density at radius 1 is 1.25 bits per heavy atom. The van der Waals surface area contributed by atoms with E-state index >= 15 is 0 Å². The molecule has 1 aromatic rings. The van der Waals surface area contributed by atoms with Gasteiger partial charge in [0.15, 0.2) is 0 Å². The molecule has 0 radical (unpaired) electrons. The number of nitrogens with zero attached hydrogens (tertiary/aromatic N) is 1. The Kier molecular flexibility index (Phi) is 6.57. The van der Waals surface area contributed by atoms with Crippen LogP contribution in [0.4, 0.5) is 0 Å². The van der Waals surface area contributed by atoms with Crippen molar-refractivity contribution in [2.75, 3.05) is 26.7 Å². The summed E-state index contributed by atoms with van der Waals surface area (Å²) in [4.78, 5) is 2.33. The van der Waals surface area contributed by atoms with Gasteiger partial charge in [-0.1, -0.05) is 18.8 Å². The summed E-state index contributed by atoms with van der Waals surface area (Å²) < 4.78 is 5.76. The van der Waals surface area contributed by atoms with Crippen LogP contribution in [0.25, 0.3) is 0 Å². The Morgan fingerprint density at radius 3 is 2.45 bits per heavy atom. The van der Waals surface area contributed by atoms with Gasteiger partial charge in [0.2, 0.25) is 0 Å². The minimum atomic E-state index is 0.213. The van der Waals surface area contributed by atoms with Gasteiger partial charge >= 0.3 is 0 Å². The van der Waals surface area contributed by atoms with Crippen LogP contribution in [0.3, 0.4) is 0 Å². The van der Waals surface area contributed by atoms with E-state index in [4.69, 9.17) is 10.5 Å². The zero-order valence-corrected chi connectivity index (χ0v) is 13.1. The molecule has 2 N–H and O–H groups in total. The van der Waals surface area contributed by atoms with Crippen LogP contribution in [-0.2, 0) is 0 Å². The van der Waals surface area contributed by atoms with E-state index in [1.807, 2.05) is 24.3 Å². The number of rotatable bonds is 6. The van der Waals surface area contributed by atoms with Gasteiger partial charge in [-0.25, -0.2) is 0 Å². The molecule has 20 heavy (non-hydrogen) atoms. The molecule has 1 rings (SSSR count). The van der Waals surface area contributed by atoms with E-state index in [1.54, 1.807) is 0 Å². The minimum Gasteiger partial charge on any atom is -0.492 e. The third-order valence-electron chi connectivity index (χ3n) is 3.78. The summed E-state index contributed by atoms with van der Waals surface area (Å²) >= 11 is 0. The van der Waals surface area contributed by atoms with Crippen molar-refractivity contribution in [2.24, 2.45) is 5.73 Å². The average Bonchev–Trinajstić information content (AvgIpc) is 2.46. The molecule has 0 saturated heterocycles. The monoisotopic (exact) mass is 274 g/mol. The molecule has 110 valence electrons. The number of hydrogen-bond acceptors (Lipinski definition) is 3. The highest BCUT2D eigenvalue weighted by molar-refractivity contribution is 5.38. The summed E-state index contributed by atoms with van der Waals surface area (Å²) in [5, 5.41) is 0. The molecular weight excluding hydrogens is 248 g/mol. The highest BCUT2D eigenvalue weighted by atomic mass is 16.5. The molecule has 0 fully saturated rings. The second-order valence-corrected chi connectivity index (χ2v) is 5.47. The molecular formula is C17H26N2O. The topological polar surface area (TPSA) is 38.5 Å². The van der Waals surface area contributed by atoms with E-state index in [-0.39, 0.29) is 5.54 Å². The molecule has 3 heteroatoms. The fourth-order valence-electron chi connectivity index (χ4n) is 1.66. The predicted octanol–water partition coefficient (Wildman–Crippen LogP) is 2.50. The maximum atomic E-state index is 5.76. The fourth-order valence-corrected chi connectivity index (χ4v) is 1.66. The summed E-state index contributed by atoms with van der Waals surface area (Å²) in [5.41, 5.74) is 6.52. The molecule has 0 aliphatic heterocycles. The molecule has 1 aromatic carbocycles. The van der Waals surface area contributed by atoms with Crippen molar-refractivity contribution in [1.29, 1.82) is 0 Å². The van der Waals surface area contributed by atoms with Crippen molar-refractivity contribution in [1.82, 2.24) is 4.90 Å². The van der Waals surface area contributed by atoms with Crippen LogP contribution >= 0.6 is 0 Å². The van der Waals surface area contributed by atoms with Gasteiger partial charge in [0.05, 0.1) is 6.54 Å². The number of nitrogens with two attached hydrogens (primary N) is 1. The molecule has 0 unspecified atom stereocenters. The number of likely N-dealkylation sites (N-methyl/N-ethyl adjacent to an activating group) is 1. The lowest BCUT2D eigenvalue weighted by Crippen LogP contribution is -2.42. The molecule has 0 bridgehead atoms. The molecule has 0 aromatic heterocycles. The Bertz CT molecular complexity index is 454. The van der Waals surface area contributed by atoms with Gasteiger partial charge in [-0.2, -0.15) is 0 Å². The smallest absolute Gasteiger partial charge is 0.119 e. The third-order valence-corrected chi connectivity index (χ3v) is 3.78. The zero-order chi connectivity index (χ0) is 15.0. The Balaban J connectivity index is 2.43. The second kappa shape index (κ2) is 7.94. The van der Waals surface area contributed by atoms with Gasteiger partial charge in [0.1, 0.15) is 12.4 Å². The van der Waals surface area contributed by atoms with Gasteiger partial charge in [-0.3, -0.25) is 4.90 Å². The van der Waals surface area contributed by atoms with Crippen LogP contribution in [-0.4, -0.2) is 37.2 Å². The first-order chi connectivity index (χ1) is 9.49. The van der Waals surface area contributed by atoms with Crippen molar-refractivity contribution in [3.8, 4) is 17.6 Å². The van der Waals surface area contributed by atoms with Crippen LogP contribution in [0.5, 0.6) is 5.75 Å². The Morgan fingerprint density at radius 2 is 1.90 bits per heavy atom. The summed E-state index contributed by atoms with van der Waals surface area (Å²) in [6.07, 6.45) is 1.12. The zero-order valence-electron chi connectivity index (χ0n) is 13.1. The predicted molar refractivity (Wildman–Crippen MR) is 84.9 cm³/mol. The van der Waals surface area contributed by atoms with Crippen LogP contribution in [0.2, 0.25) is 0 Å².